The summed E-state index contributed by atoms with van der Waals surface area (Å²) < 4.78 is 38.3. The maximum atomic E-state index is 12.2. The summed E-state index contributed by atoms with van der Waals surface area (Å²) >= 11 is 0. The summed E-state index contributed by atoms with van der Waals surface area (Å²) in [6, 6.07) is 4.12. The molecule has 0 saturated carbocycles. The minimum Gasteiger partial charge on any atom is -0.268 e. The second-order valence-electron chi connectivity index (χ2n) is 3.25. The van der Waals surface area contributed by atoms with E-state index in [0.29, 0.717) is 12.1 Å². The van der Waals surface area contributed by atoms with Crippen LogP contribution >= 0.6 is 0 Å². The molecular weight excluding hydrogens is 219 g/mol. The van der Waals surface area contributed by atoms with Crippen LogP contribution in [-0.4, -0.2) is 14.8 Å². The van der Waals surface area contributed by atoms with Crippen molar-refractivity contribution in [2.24, 2.45) is 0 Å². The third kappa shape index (κ3) is 2.39. The molecule has 6 heteroatoms. The molecule has 0 aliphatic rings. The van der Waals surface area contributed by atoms with Crippen LogP contribution in [0.5, 0.6) is 0 Å². The van der Waals surface area contributed by atoms with E-state index in [2.05, 4.69) is 10.1 Å². The number of aromatic nitrogens is 3. The number of alkyl halides is 3. The zero-order valence-electron chi connectivity index (χ0n) is 8.15. The molecule has 0 aromatic carbocycles. The third-order valence-electron chi connectivity index (χ3n) is 2.02. The van der Waals surface area contributed by atoms with E-state index in [1.807, 2.05) is 0 Å². The molecular formula is C10H8F3N3. The Kier molecular flexibility index (Phi) is 2.64. The minimum absolute atomic E-state index is 0.415. The van der Waals surface area contributed by atoms with Crippen molar-refractivity contribution in [3.05, 3.63) is 48.0 Å². The third-order valence-corrected chi connectivity index (χ3v) is 2.02. The zero-order valence-corrected chi connectivity index (χ0v) is 8.15. The van der Waals surface area contributed by atoms with E-state index in [0.717, 1.165) is 6.07 Å². The highest BCUT2D eigenvalue weighted by molar-refractivity contribution is 5.16. The number of hydrogen-bond donors (Lipinski definition) is 0. The van der Waals surface area contributed by atoms with Crippen LogP contribution in [0, 0.1) is 0 Å². The highest BCUT2D eigenvalue weighted by atomic mass is 19.4. The van der Waals surface area contributed by atoms with Crippen molar-refractivity contribution >= 4 is 0 Å². The standard InChI is InChI=1S/C10H8F3N3/c11-10(12,13)9-3-2-8(6-14-9)7-16-5-1-4-15-16/h1-6H,7H2. The van der Waals surface area contributed by atoms with Gasteiger partial charge in [-0.05, 0) is 17.7 Å². The first-order chi connectivity index (χ1) is 7.55. The van der Waals surface area contributed by atoms with E-state index in [9.17, 15) is 13.2 Å². The van der Waals surface area contributed by atoms with Crippen molar-refractivity contribution in [1.82, 2.24) is 14.8 Å². The summed E-state index contributed by atoms with van der Waals surface area (Å²) in [7, 11) is 0. The number of halogens is 3. The molecule has 0 fully saturated rings. The monoisotopic (exact) mass is 227 g/mol. The minimum atomic E-state index is -4.38. The van der Waals surface area contributed by atoms with Gasteiger partial charge in [0.25, 0.3) is 0 Å². The van der Waals surface area contributed by atoms with E-state index in [-0.39, 0.29) is 0 Å². The fourth-order valence-corrected chi connectivity index (χ4v) is 1.27. The summed E-state index contributed by atoms with van der Waals surface area (Å²) in [4.78, 5) is 3.36. The van der Waals surface area contributed by atoms with Crippen molar-refractivity contribution in [2.75, 3.05) is 0 Å². The molecule has 0 radical (unpaired) electrons. The molecule has 0 saturated heterocycles. The topological polar surface area (TPSA) is 30.7 Å². The molecule has 84 valence electrons. The van der Waals surface area contributed by atoms with Crippen LogP contribution in [0.3, 0.4) is 0 Å². The molecule has 0 unspecified atom stereocenters. The smallest absolute Gasteiger partial charge is 0.268 e. The van der Waals surface area contributed by atoms with Crippen LogP contribution in [0.1, 0.15) is 11.3 Å². The lowest BCUT2D eigenvalue weighted by Crippen LogP contribution is -2.08. The Morgan fingerprint density at radius 2 is 2.06 bits per heavy atom. The summed E-state index contributed by atoms with van der Waals surface area (Å²) in [5.41, 5.74) is -0.201. The highest BCUT2D eigenvalue weighted by Crippen LogP contribution is 2.27. The van der Waals surface area contributed by atoms with Gasteiger partial charge in [0, 0.05) is 18.6 Å². The van der Waals surface area contributed by atoms with Gasteiger partial charge in [-0.15, -0.1) is 0 Å². The Morgan fingerprint density at radius 1 is 1.25 bits per heavy atom. The van der Waals surface area contributed by atoms with E-state index < -0.39 is 11.9 Å². The van der Waals surface area contributed by atoms with Crippen LogP contribution in [0.25, 0.3) is 0 Å². The van der Waals surface area contributed by atoms with Gasteiger partial charge >= 0.3 is 6.18 Å². The number of hydrogen-bond acceptors (Lipinski definition) is 2. The number of nitrogens with zero attached hydrogens (tertiary/aromatic N) is 3. The summed E-state index contributed by atoms with van der Waals surface area (Å²) in [6.07, 6.45) is 0.171. The zero-order chi connectivity index (χ0) is 11.6. The van der Waals surface area contributed by atoms with Gasteiger partial charge in [0.15, 0.2) is 0 Å². The predicted molar refractivity (Wildman–Crippen MR) is 50.6 cm³/mol. The van der Waals surface area contributed by atoms with Gasteiger partial charge < -0.3 is 0 Å². The van der Waals surface area contributed by atoms with Crippen LogP contribution in [-0.2, 0) is 12.7 Å². The summed E-state index contributed by atoms with van der Waals surface area (Å²) in [5, 5.41) is 3.95. The van der Waals surface area contributed by atoms with Crippen molar-refractivity contribution in [1.29, 1.82) is 0 Å². The van der Waals surface area contributed by atoms with Gasteiger partial charge in [-0.3, -0.25) is 9.67 Å². The lowest BCUT2D eigenvalue weighted by Gasteiger charge is -2.06. The van der Waals surface area contributed by atoms with Gasteiger partial charge in [0.05, 0.1) is 6.54 Å². The Morgan fingerprint density at radius 3 is 2.56 bits per heavy atom. The second kappa shape index (κ2) is 3.96. The second-order valence-corrected chi connectivity index (χ2v) is 3.25. The van der Waals surface area contributed by atoms with Crippen molar-refractivity contribution in [2.45, 2.75) is 12.7 Å². The molecule has 2 rings (SSSR count). The van der Waals surface area contributed by atoms with Crippen molar-refractivity contribution in [3.8, 4) is 0 Å². The van der Waals surface area contributed by atoms with E-state index >= 15 is 0 Å². The van der Waals surface area contributed by atoms with Crippen molar-refractivity contribution in [3.63, 3.8) is 0 Å². The first-order valence-corrected chi connectivity index (χ1v) is 4.55. The Hall–Kier alpha value is -1.85. The molecule has 0 N–H and O–H groups in total. The molecule has 0 atom stereocenters. The molecule has 16 heavy (non-hydrogen) atoms. The normalized spacial score (nSPS) is 11.7. The Labute approximate surface area is 89.5 Å². The van der Waals surface area contributed by atoms with Gasteiger partial charge in [0.1, 0.15) is 5.69 Å². The van der Waals surface area contributed by atoms with Crippen LogP contribution in [0.4, 0.5) is 13.2 Å². The average molecular weight is 227 g/mol. The molecule has 0 amide bonds. The summed E-state index contributed by atoms with van der Waals surface area (Å²) in [6.45, 7) is 0.415. The number of rotatable bonds is 2. The first kappa shape index (κ1) is 10.7. The predicted octanol–water partition coefficient (Wildman–Crippen LogP) is 2.35. The van der Waals surface area contributed by atoms with Crippen molar-refractivity contribution < 1.29 is 13.2 Å². The highest BCUT2D eigenvalue weighted by Gasteiger charge is 2.31. The molecule has 0 aliphatic heterocycles. The van der Waals surface area contributed by atoms with E-state index in [4.69, 9.17) is 0 Å². The Bertz CT molecular complexity index is 445. The first-order valence-electron chi connectivity index (χ1n) is 4.55. The van der Waals surface area contributed by atoms with E-state index in [1.54, 1.807) is 23.1 Å². The van der Waals surface area contributed by atoms with Crippen LogP contribution in [0.2, 0.25) is 0 Å². The SMILES string of the molecule is FC(F)(F)c1ccc(Cn2cccn2)cn1. The van der Waals surface area contributed by atoms with Gasteiger partial charge in [-0.2, -0.15) is 18.3 Å². The molecule has 0 aliphatic carbocycles. The van der Waals surface area contributed by atoms with Gasteiger partial charge in [-0.25, -0.2) is 0 Å². The summed E-state index contributed by atoms with van der Waals surface area (Å²) in [5.74, 6) is 0. The average Bonchev–Trinajstić information content (AvgIpc) is 2.70. The largest absolute Gasteiger partial charge is 0.433 e. The van der Waals surface area contributed by atoms with Gasteiger partial charge in [0.2, 0.25) is 0 Å². The van der Waals surface area contributed by atoms with Crippen LogP contribution in [0.15, 0.2) is 36.8 Å². The van der Waals surface area contributed by atoms with Gasteiger partial charge in [-0.1, -0.05) is 6.07 Å². The fourth-order valence-electron chi connectivity index (χ4n) is 1.27. The van der Waals surface area contributed by atoms with Crippen LogP contribution < -0.4 is 0 Å². The lowest BCUT2D eigenvalue weighted by atomic mass is 10.2. The molecule has 0 bridgehead atoms. The molecule has 0 spiro atoms. The quantitative estimate of drug-likeness (QED) is 0.788. The fraction of sp³-hybridized carbons (Fsp3) is 0.200. The van der Waals surface area contributed by atoms with E-state index in [1.165, 1.54) is 12.3 Å². The maximum absolute atomic E-state index is 12.2. The molecule has 3 nitrogen and oxygen atoms in total. The maximum Gasteiger partial charge on any atom is 0.433 e. The lowest BCUT2D eigenvalue weighted by molar-refractivity contribution is -0.141. The molecule has 2 heterocycles. The molecule has 2 aromatic heterocycles. The Balaban J connectivity index is 2.14. The number of pyridine rings is 1. The molecule has 2 aromatic rings.